The lowest BCUT2D eigenvalue weighted by molar-refractivity contribution is -0.125. The second-order valence-electron chi connectivity index (χ2n) is 3.03. The van der Waals surface area contributed by atoms with Crippen LogP contribution < -0.4 is 5.32 Å². The van der Waals surface area contributed by atoms with Crippen molar-refractivity contribution < 1.29 is 9.59 Å². The standard InChI is InChI=1S/C9H13NO2/c1-2-3-4-5-7-6-8(11)10-9(7)12/h2,7H,1,3-6H2,(H,10,11,12). The SMILES string of the molecule is C=CCCCC1CC(=O)NC1=O. The number of hydrogen-bond acceptors (Lipinski definition) is 2. The highest BCUT2D eigenvalue weighted by atomic mass is 16.2. The number of carbonyl (C=O) groups is 2. The fourth-order valence-electron chi connectivity index (χ4n) is 1.35. The first-order chi connectivity index (χ1) is 5.74. The molecule has 3 heteroatoms. The van der Waals surface area contributed by atoms with E-state index >= 15 is 0 Å². The molecule has 0 radical (unpaired) electrons. The van der Waals surface area contributed by atoms with Gasteiger partial charge in [-0.25, -0.2) is 0 Å². The minimum atomic E-state index is -0.136. The van der Waals surface area contributed by atoms with Crippen molar-refractivity contribution in [3.8, 4) is 0 Å². The predicted octanol–water partition coefficient (Wildman–Crippen LogP) is 1.01. The highest BCUT2D eigenvalue weighted by molar-refractivity contribution is 6.03. The van der Waals surface area contributed by atoms with Crippen LogP contribution in [0.4, 0.5) is 0 Å². The smallest absolute Gasteiger partial charge is 0.230 e. The quantitative estimate of drug-likeness (QED) is 0.386. The van der Waals surface area contributed by atoms with Crippen LogP contribution in [0.3, 0.4) is 0 Å². The Morgan fingerprint density at radius 3 is 2.83 bits per heavy atom. The maximum Gasteiger partial charge on any atom is 0.230 e. The minimum absolute atomic E-state index is 0.0857. The number of nitrogens with one attached hydrogen (secondary N) is 1. The summed E-state index contributed by atoms with van der Waals surface area (Å²) in [7, 11) is 0. The van der Waals surface area contributed by atoms with Gasteiger partial charge in [-0.05, 0) is 19.3 Å². The molecule has 1 rings (SSSR count). The van der Waals surface area contributed by atoms with Gasteiger partial charge in [0.25, 0.3) is 0 Å². The number of rotatable bonds is 4. The summed E-state index contributed by atoms with van der Waals surface area (Å²) in [6.07, 6.45) is 4.85. The molecule has 1 unspecified atom stereocenters. The molecular formula is C9H13NO2. The fourth-order valence-corrected chi connectivity index (χ4v) is 1.35. The van der Waals surface area contributed by atoms with Crippen LogP contribution in [-0.2, 0) is 9.59 Å². The summed E-state index contributed by atoms with van der Waals surface area (Å²) >= 11 is 0. The van der Waals surface area contributed by atoms with Crippen LogP contribution in [0.5, 0.6) is 0 Å². The van der Waals surface area contributed by atoms with Gasteiger partial charge in [0.1, 0.15) is 0 Å². The van der Waals surface area contributed by atoms with Gasteiger partial charge in [0.15, 0.2) is 0 Å². The lowest BCUT2D eigenvalue weighted by atomic mass is 10.0. The monoisotopic (exact) mass is 167 g/mol. The molecule has 1 N–H and O–H groups in total. The number of imide groups is 1. The van der Waals surface area contributed by atoms with E-state index in [2.05, 4.69) is 11.9 Å². The Morgan fingerprint density at radius 1 is 1.58 bits per heavy atom. The van der Waals surface area contributed by atoms with Gasteiger partial charge in [-0.3, -0.25) is 14.9 Å². The van der Waals surface area contributed by atoms with Gasteiger partial charge in [-0.1, -0.05) is 6.08 Å². The van der Waals surface area contributed by atoms with E-state index < -0.39 is 0 Å². The highest BCUT2D eigenvalue weighted by Gasteiger charge is 2.29. The van der Waals surface area contributed by atoms with E-state index in [1.165, 1.54) is 0 Å². The van der Waals surface area contributed by atoms with Gasteiger partial charge in [0.2, 0.25) is 11.8 Å². The fraction of sp³-hybridized carbons (Fsp3) is 0.556. The molecule has 0 aromatic rings. The maximum absolute atomic E-state index is 11.0. The predicted molar refractivity (Wildman–Crippen MR) is 45.3 cm³/mol. The molecule has 66 valence electrons. The molecule has 0 aliphatic carbocycles. The zero-order valence-corrected chi connectivity index (χ0v) is 7.01. The molecule has 1 heterocycles. The Morgan fingerprint density at radius 2 is 2.33 bits per heavy atom. The van der Waals surface area contributed by atoms with E-state index in [1.807, 2.05) is 6.08 Å². The Balaban J connectivity index is 2.28. The van der Waals surface area contributed by atoms with Gasteiger partial charge >= 0.3 is 0 Å². The normalized spacial score (nSPS) is 22.5. The minimum Gasteiger partial charge on any atom is -0.296 e. The molecule has 0 bridgehead atoms. The summed E-state index contributed by atoms with van der Waals surface area (Å²) in [6.45, 7) is 3.59. The lowest BCUT2D eigenvalue weighted by Gasteiger charge is -2.02. The third kappa shape index (κ3) is 2.19. The Bertz CT molecular complexity index is 211. The molecule has 1 fully saturated rings. The van der Waals surface area contributed by atoms with E-state index in [4.69, 9.17) is 0 Å². The zero-order valence-electron chi connectivity index (χ0n) is 7.01. The van der Waals surface area contributed by atoms with Crippen molar-refractivity contribution >= 4 is 11.8 Å². The summed E-state index contributed by atoms with van der Waals surface area (Å²) in [5, 5.41) is 2.29. The zero-order chi connectivity index (χ0) is 8.97. The molecule has 0 aromatic heterocycles. The van der Waals surface area contributed by atoms with Crippen molar-refractivity contribution in [3.63, 3.8) is 0 Å². The molecule has 3 nitrogen and oxygen atoms in total. The summed E-state index contributed by atoms with van der Waals surface area (Å²) in [5.41, 5.74) is 0. The molecule has 1 saturated heterocycles. The molecule has 1 aliphatic rings. The number of amides is 2. The van der Waals surface area contributed by atoms with Gasteiger partial charge in [-0.2, -0.15) is 0 Å². The summed E-state index contributed by atoms with van der Waals surface area (Å²) in [5.74, 6) is -0.329. The van der Waals surface area contributed by atoms with Gasteiger partial charge in [0.05, 0.1) is 0 Å². The largest absolute Gasteiger partial charge is 0.296 e. The Hall–Kier alpha value is -1.12. The number of carbonyl (C=O) groups excluding carboxylic acids is 2. The summed E-state index contributed by atoms with van der Waals surface area (Å²) in [4.78, 5) is 21.8. The molecule has 0 saturated carbocycles. The first kappa shape index (κ1) is 8.97. The van der Waals surface area contributed by atoms with Crippen LogP contribution in [0.1, 0.15) is 25.7 Å². The second kappa shape index (κ2) is 4.04. The van der Waals surface area contributed by atoms with Crippen molar-refractivity contribution in [2.75, 3.05) is 0 Å². The van der Waals surface area contributed by atoms with E-state index in [0.717, 1.165) is 19.3 Å². The second-order valence-corrected chi connectivity index (χ2v) is 3.03. The highest BCUT2D eigenvalue weighted by Crippen LogP contribution is 2.17. The molecule has 1 atom stereocenters. The van der Waals surface area contributed by atoms with Gasteiger partial charge in [0, 0.05) is 12.3 Å². The van der Waals surface area contributed by atoms with E-state index in [1.54, 1.807) is 0 Å². The van der Waals surface area contributed by atoms with Gasteiger partial charge < -0.3 is 0 Å². The third-order valence-electron chi connectivity index (χ3n) is 2.03. The molecule has 0 aromatic carbocycles. The van der Waals surface area contributed by atoms with Crippen LogP contribution in [0.2, 0.25) is 0 Å². The van der Waals surface area contributed by atoms with Crippen molar-refractivity contribution in [2.24, 2.45) is 5.92 Å². The molecule has 2 amide bonds. The number of hydrogen-bond donors (Lipinski definition) is 1. The maximum atomic E-state index is 11.0. The molecule has 12 heavy (non-hydrogen) atoms. The van der Waals surface area contributed by atoms with Crippen molar-refractivity contribution in [3.05, 3.63) is 12.7 Å². The van der Waals surface area contributed by atoms with Crippen LogP contribution in [0, 0.1) is 5.92 Å². The third-order valence-corrected chi connectivity index (χ3v) is 2.03. The summed E-state index contributed by atoms with van der Waals surface area (Å²) in [6, 6.07) is 0. The van der Waals surface area contributed by atoms with Gasteiger partial charge in [-0.15, -0.1) is 6.58 Å². The Kier molecular flexibility index (Phi) is 3.02. The van der Waals surface area contributed by atoms with Crippen molar-refractivity contribution in [2.45, 2.75) is 25.7 Å². The van der Waals surface area contributed by atoms with Crippen LogP contribution in [0.25, 0.3) is 0 Å². The number of allylic oxidation sites excluding steroid dienone is 1. The van der Waals surface area contributed by atoms with Crippen LogP contribution >= 0.6 is 0 Å². The van der Waals surface area contributed by atoms with Crippen LogP contribution in [-0.4, -0.2) is 11.8 Å². The van der Waals surface area contributed by atoms with E-state index in [0.29, 0.717) is 6.42 Å². The van der Waals surface area contributed by atoms with Crippen molar-refractivity contribution in [1.29, 1.82) is 0 Å². The van der Waals surface area contributed by atoms with E-state index in [-0.39, 0.29) is 17.7 Å². The average Bonchev–Trinajstić information content (AvgIpc) is 2.31. The first-order valence-corrected chi connectivity index (χ1v) is 4.18. The summed E-state index contributed by atoms with van der Waals surface area (Å²) < 4.78 is 0. The van der Waals surface area contributed by atoms with Crippen LogP contribution in [0.15, 0.2) is 12.7 Å². The molecule has 1 aliphatic heterocycles. The Labute approximate surface area is 71.8 Å². The average molecular weight is 167 g/mol. The molecule has 0 spiro atoms. The van der Waals surface area contributed by atoms with E-state index in [9.17, 15) is 9.59 Å². The number of unbranched alkanes of at least 4 members (excludes halogenated alkanes) is 1. The first-order valence-electron chi connectivity index (χ1n) is 4.18. The van der Waals surface area contributed by atoms with Crippen molar-refractivity contribution in [1.82, 2.24) is 5.32 Å². The molecular weight excluding hydrogens is 154 g/mol. The topological polar surface area (TPSA) is 46.2 Å². The lowest BCUT2D eigenvalue weighted by Crippen LogP contribution is -2.21.